The number of benzene rings is 1. The molecule has 6 nitrogen and oxygen atoms in total. The van der Waals surface area contributed by atoms with Gasteiger partial charge in [-0.25, -0.2) is 4.79 Å². The minimum absolute atomic E-state index is 0.133. The monoisotopic (exact) mass is 389 g/mol. The van der Waals surface area contributed by atoms with Crippen LogP contribution in [-0.4, -0.2) is 55.4 Å². The number of carbonyl (C=O) groups excluding carboxylic acids is 1. The normalized spacial score (nSPS) is 22.4. The summed E-state index contributed by atoms with van der Waals surface area (Å²) in [5.74, 6) is 0.904. The molecular weight excluding hydrogens is 354 g/mol. The number of rotatable bonds is 7. The van der Waals surface area contributed by atoms with Crippen LogP contribution in [0.4, 0.5) is 4.79 Å². The molecule has 2 atom stereocenters. The molecule has 28 heavy (non-hydrogen) atoms. The van der Waals surface area contributed by atoms with Gasteiger partial charge in [0.2, 0.25) is 0 Å². The third kappa shape index (κ3) is 6.38. The predicted octanol–water partition coefficient (Wildman–Crippen LogP) is 3.31. The van der Waals surface area contributed by atoms with Crippen LogP contribution in [-0.2, 0) is 11.3 Å². The van der Waals surface area contributed by atoms with Gasteiger partial charge in [0.05, 0.1) is 19.3 Å². The van der Waals surface area contributed by atoms with Crippen molar-refractivity contribution in [2.24, 2.45) is 0 Å². The Bertz CT molecular complexity index is 619. The first-order valence-electron chi connectivity index (χ1n) is 10.7. The third-order valence-corrected chi connectivity index (χ3v) is 5.75. The zero-order valence-electron chi connectivity index (χ0n) is 17.3. The van der Waals surface area contributed by atoms with Crippen LogP contribution in [0.5, 0.6) is 5.75 Å². The molecule has 1 saturated heterocycles. The summed E-state index contributed by atoms with van der Waals surface area (Å²) in [6.07, 6.45) is 6.46. The van der Waals surface area contributed by atoms with Gasteiger partial charge in [-0.15, -0.1) is 0 Å². The second-order valence-corrected chi connectivity index (χ2v) is 8.10. The van der Waals surface area contributed by atoms with E-state index in [4.69, 9.17) is 9.47 Å². The highest BCUT2D eigenvalue weighted by Gasteiger charge is 2.23. The average Bonchev–Trinajstić information content (AvgIpc) is 2.72. The maximum atomic E-state index is 12.2. The molecule has 1 heterocycles. The molecule has 0 radical (unpaired) electrons. The Labute approximate surface area is 169 Å². The van der Waals surface area contributed by atoms with Crippen LogP contribution >= 0.6 is 0 Å². The quantitative estimate of drug-likeness (QED) is 0.751. The van der Waals surface area contributed by atoms with Crippen molar-refractivity contribution in [2.45, 2.75) is 70.7 Å². The van der Waals surface area contributed by atoms with Crippen LogP contribution in [0.15, 0.2) is 24.3 Å². The van der Waals surface area contributed by atoms with Gasteiger partial charge in [-0.1, -0.05) is 18.6 Å². The van der Waals surface area contributed by atoms with E-state index in [-0.39, 0.29) is 12.1 Å². The molecule has 0 aromatic heterocycles. The van der Waals surface area contributed by atoms with Crippen LogP contribution in [0.1, 0.15) is 51.5 Å². The number of hydrogen-bond donors (Lipinski definition) is 2. The molecule has 1 aromatic carbocycles. The highest BCUT2D eigenvalue weighted by molar-refractivity contribution is 5.73. The van der Waals surface area contributed by atoms with E-state index in [1.807, 2.05) is 24.3 Å². The van der Waals surface area contributed by atoms with E-state index in [0.717, 1.165) is 43.9 Å². The first-order chi connectivity index (χ1) is 13.6. The van der Waals surface area contributed by atoms with Crippen molar-refractivity contribution >= 4 is 6.03 Å². The SMILES string of the molecule is CC(CNC(=O)NCc1cccc(OC2CCCCC2)c1)N1CCOCC1C. The van der Waals surface area contributed by atoms with Crippen molar-refractivity contribution in [3.63, 3.8) is 0 Å². The van der Waals surface area contributed by atoms with Gasteiger partial charge >= 0.3 is 6.03 Å². The first-order valence-corrected chi connectivity index (χ1v) is 10.7. The summed E-state index contributed by atoms with van der Waals surface area (Å²) < 4.78 is 11.6. The number of morpholine rings is 1. The molecule has 3 rings (SSSR count). The molecular formula is C22H35N3O3. The summed E-state index contributed by atoms with van der Waals surface area (Å²) in [6, 6.07) is 8.60. The number of ether oxygens (including phenoxy) is 2. The Morgan fingerprint density at radius 3 is 2.89 bits per heavy atom. The molecule has 2 unspecified atom stereocenters. The predicted molar refractivity (Wildman–Crippen MR) is 111 cm³/mol. The Kier molecular flexibility index (Phi) is 7.98. The fraction of sp³-hybridized carbons (Fsp3) is 0.682. The minimum Gasteiger partial charge on any atom is -0.490 e. The standard InChI is InChI=1S/C22H35N3O3/c1-17(25-11-12-27-16-18(25)2)14-23-22(26)24-15-19-7-6-10-21(13-19)28-20-8-4-3-5-9-20/h6-7,10,13,17-18,20H,3-5,8-9,11-12,14-16H2,1-2H3,(H2,23,24,26). The second-order valence-electron chi connectivity index (χ2n) is 8.10. The van der Waals surface area contributed by atoms with Gasteiger partial charge in [0, 0.05) is 31.7 Å². The van der Waals surface area contributed by atoms with E-state index >= 15 is 0 Å². The fourth-order valence-corrected chi connectivity index (χ4v) is 4.10. The lowest BCUT2D eigenvalue weighted by molar-refractivity contribution is -0.0176. The van der Waals surface area contributed by atoms with Gasteiger partial charge in [0.1, 0.15) is 5.75 Å². The Hall–Kier alpha value is -1.79. The fourth-order valence-electron chi connectivity index (χ4n) is 4.10. The van der Waals surface area contributed by atoms with Crippen molar-refractivity contribution in [1.29, 1.82) is 0 Å². The van der Waals surface area contributed by atoms with Gasteiger partial charge < -0.3 is 20.1 Å². The Morgan fingerprint density at radius 1 is 1.29 bits per heavy atom. The lowest BCUT2D eigenvalue weighted by Gasteiger charge is -2.37. The zero-order valence-corrected chi connectivity index (χ0v) is 17.3. The number of urea groups is 1. The number of nitrogens with one attached hydrogen (secondary N) is 2. The molecule has 2 aliphatic rings. The van der Waals surface area contributed by atoms with Gasteiger partial charge in [-0.05, 0) is 57.2 Å². The molecule has 156 valence electrons. The zero-order chi connectivity index (χ0) is 19.8. The molecule has 2 fully saturated rings. The molecule has 0 spiro atoms. The molecule has 1 aromatic rings. The Morgan fingerprint density at radius 2 is 2.11 bits per heavy atom. The van der Waals surface area contributed by atoms with E-state index in [1.54, 1.807) is 0 Å². The summed E-state index contributed by atoms with van der Waals surface area (Å²) in [5, 5.41) is 5.94. The highest BCUT2D eigenvalue weighted by Crippen LogP contribution is 2.23. The summed E-state index contributed by atoms with van der Waals surface area (Å²) in [6.45, 7) is 7.87. The highest BCUT2D eigenvalue weighted by atomic mass is 16.5. The number of carbonyl (C=O) groups is 1. The topological polar surface area (TPSA) is 62.8 Å². The second kappa shape index (κ2) is 10.7. The number of nitrogens with zero attached hydrogens (tertiary/aromatic N) is 1. The van der Waals surface area contributed by atoms with Crippen molar-refractivity contribution in [1.82, 2.24) is 15.5 Å². The number of hydrogen-bond acceptors (Lipinski definition) is 4. The lowest BCUT2D eigenvalue weighted by Crippen LogP contribution is -2.52. The molecule has 1 aliphatic carbocycles. The van der Waals surface area contributed by atoms with E-state index in [2.05, 4.69) is 29.4 Å². The summed E-state index contributed by atoms with van der Waals surface area (Å²) in [5.41, 5.74) is 1.05. The maximum Gasteiger partial charge on any atom is 0.315 e. The molecule has 0 bridgehead atoms. The molecule has 6 heteroatoms. The van der Waals surface area contributed by atoms with Gasteiger partial charge in [0.15, 0.2) is 0 Å². The average molecular weight is 390 g/mol. The van der Waals surface area contributed by atoms with E-state index in [9.17, 15) is 4.79 Å². The summed E-state index contributed by atoms with van der Waals surface area (Å²) in [4.78, 5) is 14.6. The van der Waals surface area contributed by atoms with Crippen molar-refractivity contribution in [3.05, 3.63) is 29.8 Å². The lowest BCUT2D eigenvalue weighted by atomic mass is 9.98. The van der Waals surface area contributed by atoms with E-state index in [0.29, 0.717) is 25.2 Å². The van der Waals surface area contributed by atoms with E-state index in [1.165, 1.54) is 19.3 Å². The summed E-state index contributed by atoms with van der Waals surface area (Å²) in [7, 11) is 0. The van der Waals surface area contributed by atoms with Gasteiger partial charge in [-0.2, -0.15) is 0 Å². The van der Waals surface area contributed by atoms with Crippen molar-refractivity contribution in [3.8, 4) is 5.75 Å². The largest absolute Gasteiger partial charge is 0.490 e. The Balaban J connectivity index is 1.39. The first kappa shape index (κ1) is 20.9. The van der Waals surface area contributed by atoms with Crippen LogP contribution in [0.3, 0.4) is 0 Å². The van der Waals surface area contributed by atoms with E-state index < -0.39 is 0 Å². The van der Waals surface area contributed by atoms with Crippen LogP contribution in [0, 0.1) is 0 Å². The summed E-state index contributed by atoms with van der Waals surface area (Å²) >= 11 is 0. The maximum absolute atomic E-state index is 12.2. The molecule has 1 aliphatic heterocycles. The third-order valence-electron chi connectivity index (χ3n) is 5.75. The molecule has 2 amide bonds. The minimum atomic E-state index is -0.133. The number of amides is 2. The van der Waals surface area contributed by atoms with Gasteiger partial charge in [-0.3, -0.25) is 4.90 Å². The van der Waals surface area contributed by atoms with Gasteiger partial charge in [0.25, 0.3) is 0 Å². The van der Waals surface area contributed by atoms with Crippen molar-refractivity contribution in [2.75, 3.05) is 26.3 Å². The van der Waals surface area contributed by atoms with Crippen LogP contribution < -0.4 is 15.4 Å². The van der Waals surface area contributed by atoms with Crippen LogP contribution in [0.2, 0.25) is 0 Å². The molecule has 2 N–H and O–H groups in total. The van der Waals surface area contributed by atoms with Crippen molar-refractivity contribution < 1.29 is 14.3 Å². The van der Waals surface area contributed by atoms with Crippen LogP contribution in [0.25, 0.3) is 0 Å². The smallest absolute Gasteiger partial charge is 0.315 e. The molecule has 1 saturated carbocycles.